The number of likely N-dealkylation sites (tertiary alicyclic amines) is 1. The summed E-state index contributed by atoms with van der Waals surface area (Å²) < 4.78 is 0. The summed E-state index contributed by atoms with van der Waals surface area (Å²) in [6.45, 7) is 11.9. The van der Waals surface area contributed by atoms with E-state index in [1.165, 1.54) is 0 Å². The number of likely N-dealkylation sites (N-methyl/N-ethyl adjacent to an activating group) is 1. The van der Waals surface area contributed by atoms with Crippen LogP contribution in [0, 0.1) is 0 Å². The minimum atomic E-state index is -0.0403. The highest BCUT2D eigenvalue weighted by Crippen LogP contribution is 2.15. The van der Waals surface area contributed by atoms with Crippen LogP contribution in [0.3, 0.4) is 0 Å². The molecule has 1 saturated heterocycles. The van der Waals surface area contributed by atoms with Gasteiger partial charge in [-0.15, -0.1) is 0 Å². The molecular weight excluding hydrogens is 238 g/mol. The standard InChI is InChI=1S/C12H22ClN3O/c1-4-15(5-2)11-6-7-16(9-11)12(17)14-8-10(3)13/h11H,3-9H2,1-2H3,(H,14,17)/t11-/m0/s1. The Morgan fingerprint density at radius 3 is 2.71 bits per heavy atom. The van der Waals surface area contributed by atoms with Gasteiger partial charge in [-0.05, 0) is 19.5 Å². The number of nitrogens with one attached hydrogen (secondary N) is 1. The van der Waals surface area contributed by atoms with E-state index in [1.54, 1.807) is 0 Å². The highest BCUT2D eigenvalue weighted by molar-refractivity contribution is 6.29. The van der Waals surface area contributed by atoms with Gasteiger partial charge in [0, 0.05) is 24.2 Å². The molecule has 4 nitrogen and oxygen atoms in total. The lowest BCUT2D eigenvalue weighted by atomic mass is 10.2. The second-order valence-corrected chi connectivity index (χ2v) is 4.82. The molecule has 0 saturated carbocycles. The second kappa shape index (κ2) is 6.87. The van der Waals surface area contributed by atoms with Crippen molar-refractivity contribution in [3.8, 4) is 0 Å². The van der Waals surface area contributed by atoms with Gasteiger partial charge in [0.15, 0.2) is 0 Å². The van der Waals surface area contributed by atoms with Crippen LogP contribution in [0.15, 0.2) is 11.6 Å². The molecule has 0 aromatic rings. The third-order valence-corrected chi connectivity index (χ3v) is 3.34. The first-order chi connectivity index (χ1) is 8.08. The fourth-order valence-corrected chi connectivity index (χ4v) is 2.31. The first kappa shape index (κ1) is 14.3. The van der Waals surface area contributed by atoms with Crippen molar-refractivity contribution < 1.29 is 4.79 Å². The number of halogens is 1. The first-order valence-electron chi connectivity index (χ1n) is 6.18. The van der Waals surface area contributed by atoms with Crippen molar-refractivity contribution in [1.82, 2.24) is 15.1 Å². The second-order valence-electron chi connectivity index (χ2n) is 4.29. The molecule has 5 heteroatoms. The SMILES string of the molecule is C=C(Cl)CNC(=O)N1CC[C@H](N(CC)CC)C1. The van der Waals surface area contributed by atoms with Crippen LogP contribution in [0.5, 0.6) is 0 Å². The largest absolute Gasteiger partial charge is 0.333 e. The zero-order chi connectivity index (χ0) is 12.8. The van der Waals surface area contributed by atoms with Crippen LogP contribution in [-0.4, -0.2) is 54.6 Å². The Morgan fingerprint density at radius 1 is 1.53 bits per heavy atom. The van der Waals surface area contributed by atoms with E-state index in [0.717, 1.165) is 32.6 Å². The summed E-state index contributed by atoms with van der Waals surface area (Å²) in [5.41, 5.74) is 0. The van der Waals surface area contributed by atoms with E-state index in [0.29, 0.717) is 17.6 Å². The Labute approximate surface area is 109 Å². The van der Waals surface area contributed by atoms with E-state index in [2.05, 4.69) is 30.6 Å². The van der Waals surface area contributed by atoms with Gasteiger partial charge in [0.25, 0.3) is 0 Å². The highest BCUT2D eigenvalue weighted by atomic mass is 35.5. The lowest BCUT2D eigenvalue weighted by molar-refractivity contribution is 0.193. The molecule has 1 rings (SSSR count). The Hall–Kier alpha value is -0.740. The number of nitrogens with zero attached hydrogens (tertiary/aromatic N) is 2. The molecule has 0 aliphatic carbocycles. The average molecular weight is 260 g/mol. The lowest BCUT2D eigenvalue weighted by Gasteiger charge is -2.26. The van der Waals surface area contributed by atoms with Gasteiger partial charge in [-0.1, -0.05) is 32.0 Å². The van der Waals surface area contributed by atoms with E-state index < -0.39 is 0 Å². The quantitative estimate of drug-likeness (QED) is 0.818. The van der Waals surface area contributed by atoms with Crippen LogP contribution < -0.4 is 5.32 Å². The van der Waals surface area contributed by atoms with E-state index in [9.17, 15) is 4.79 Å². The highest BCUT2D eigenvalue weighted by Gasteiger charge is 2.28. The van der Waals surface area contributed by atoms with Crippen LogP contribution in [0.2, 0.25) is 0 Å². The summed E-state index contributed by atoms with van der Waals surface area (Å²) in [5, 5.41) is 3.21. The normalized spacial score (nSPS) is 19.8. The Morgan fingerprint density at radius 2 is 2.18 bits per heavy atom. The van der Waals surface area contributed by atoms with Gasteiger partial charge in [0.1, 0.15) is 0 Å². The predicted octanol–water partition coefficient (Wildman–Crippen LogP) is 1.86. The summed E-state index contributed by atoms with van der Waals surface area (Å²) in [6.07, 6.45) is 1.05. The van der Waals surface area contributed by atoms with Gasteiger partial charge in [0.05, 0.1) is 6.54 Å². The monoisotopic (exact) mass is 259 g/mol. The molecule has 17 heavy (non-hydrogen) atoms. The molecule has 0 aromatic heterocycles. The number of hydrogen-bond donors (Lipinski definition) is 1. The zero-order valence-electron chi connectivity index (χ0n) is 10.7. The van der Waals surface area contributed by atoms with Crippen LogP contribution >= 0.6 is 11.6 Å². The Bertz CT molecular complexity index is 279. The molecule has 0 spiro atoms. The number of carbonyl (C=O) groups is 1. The van der Waals surface area contributed by atoms with Crippen molar-refractivity contribution in [3.05, 3.63) is 11.6 Å². The maximum absolute atomic E-state index is 11.8. The van der Waals surface area contributed by atoms with Crippen LogP contribution in [0.25, 0.3) is 0 Å². The molecule has 1 aliphatic heterocycles. The van der Waals surface area contributed by atoms with Gasteiger partial charge >= 0.3 is 6.03 Å². The minimum Gasteiger partial charge on any atom is -0.333 e. The van der Waals surface area contributed by atoms with Crippen molar-refractivity contribution in [1.29, 1.82) is 0 Å². The maximum atomic E-state index is 11.8. The van der Waals surface area contributed by atoms with Crippen molar-refractivity contribution >= 4 is 17.6 Å². The van der Waals surface area contributed by atoms with Crippen molar-refractivity contribution in [2.45, 2.75) is 26.3 Å². The number of carbonyl (C=O) groups excluding carboxylic acids is 1. The van der Waals surface area contributed by atoms with Gasteiger partial charge in [0.2, 0.25) is 0 Å². The van der Waals surface area contributed by atoms with Gasteiger partial charge < -0.3 is 10.2 Å². The number of amides is 2. The molecular formula is C12H22ClN3O. The van der Waals surface area contributed by atoms with Crippen molar-refractivity contribution in [3.63, 3.8) is 0 Å². The van der Waals surface area contributed by atoms with Gasteiger partial charge in [-0.2, -0.15) is 0 Å². The van der Waals surface area contributed by atoms with E-state index in [4.69, 9.17) is 11.6 Å². The number of hydrogen-bond acceptors (Lipinski definition) is 2. The van der Waals surface area contributed by atoms with Crippen molar-refractivity contribution in [2.75, 3.05) is 32.7 Å². The summed E-state index contributed by atoms with van der Waals surface area (Å²) in [5.74, 6) is 0. The Balaban J connectivity index is 2.38. The summed E-state index contributed by atoms with van der Waals surface area (Å²) in [6, 6.07) is 0.455. The Kier molecular flexibility index (Phi) is 5.78. The molecule has 0 aromatic carbocycles. The molecule has 98 valence electrons. The van der Waals surface area contributed by atoms with Crippen LogP contribution in [-0.2, 0) is 0 Å². The maximum Gasteiger partial charge on any atom is 0.317 e. The van der Waals surface area contributed by atoms with Crippen LogP contribution in [0.1, 0.15) is 20.3 Å². The third kappa shape index (κ3) is 4.21. The van der Waals surface area contributed by atoms with E-state index >= 15 is 0 Å². The van der Waals surface area contributed by atoms with E-state index in [-0.39, 0.29) is 6.03 Å². The average Bonchev–Trinajstić information content (AvgIpc) is 2.77. The van der Waals surface area contributed by atoms with E-state index in [1.807, 2.05) is 4.90 Å². The van der Waals surface area contributed by atoms with Crippen molar-refractivity contribution in [2.24, 2.45) is 0 Å². The summed E-state index contributed by atoms with van der Waals surface area (Å²) >= 11 is 5.62. The topological polar surface area (TPSA) is 35.6 Å². The summed E-state index contributed by atoms with van der Waals surface area (Å²) in [7, 11) is 0. The molecule has 1 heterocycles. The molecule has 0 radical (unpaired) electrons. The number of urea groups is 1. The smallest absolute Gasteiger partial charge is 0.317 e. The zero-order valence-corrected chi connectivity index (χ0v) is 11.5. The summed E-state index contributed by atoms with van der Waals surface area (Å²) in [4.78, 5) is 16.0. The molecule has 0 bridgehead atoms. The predicted molar refractivity (Wildman–Crippen MR) is 71.3 cm³/mol. The molecule has 1 fully saturated rings. The molecule has 2 amide bonds. The van der Waals surface area contributed by atoms with Gasteiger partial charge in [-0.25, -0.2) is 4.79 Å². The molecule has 1 atom stereocenters. The fraction of sp³-hybridized carbons (Fsp3) is 0.750. The third-order valence-electron chi connectivity index (χ3n) is 3.21. The first-order valence-corrected chi connectivity index (χ1v) is 6.56. The van der Waals surface area contributed by atoms with Gasteiger partial charge in [-0.3, -0.25) is 4.90 Å². The minimum absolute atomic E-state index is 0.0403. The molecule has 1 aliphatic rings. The molecule has 1 N–H and O–H groups in total. The lowest BCUT2D eigenvalue weighted by Crippen LogP contribution is -2.42. The number of rotatable bonds is 5. The molecule has 0 unspecified atom stereocenters. The fourth-order valence-electron chi connectivity index (χ4n) is 2.25. The van der Waals surface area contributed by atoms with Crippen LogP contribution in [0.4, 0.5) is 4.79 Å².